The molecule has 2 fully saturated rings. The first-order valence-corrected chi connectivity index (χ1v) is 7.41. The van der Waals surface area contributed by atoms with Crippen molar-refractivity contribution < 1.29 is 4.79 Å². The first-order valence-electron chi connectivity index (χ1n) is 7.41. The maximum Gasteiger partial charge on any atom is 0.237 e. The fraction of sp³-hybridized carbons (Fsp3) is 0.929. The zero-order chi connectivity index (χ0) is 13.0. The van der Waals surface area contributed by atoms with Crippen LogP contribution in [0.5, 0.6) is 0 Å². The van der Waals surface area contributed by atoms with E-state index in [-0.39, 0.29) is 11.9 Å². The van der Waals surface area contributed by atoms with Gasteiger partial charge < -0.3 is 10.6 Å². The molecule has 0 aromatic rings. The molecule has 4 nitrogen and oxygen atoms in total. The number of nitrogens with zero attached hydrogens (tertiary/aromatic N) is 1. The van der Waals surface area contributed by atoms with Crippen LogP contribution in [0.25, 0.3) is 0 Å². The average molecular weight is 253 g/mol. The van der Waals surface area contributed by atoms with Crippen molar-refractivity contribution in [3.05, 3.63) is 0 Å². The molecule has 2 heterocycles. The van der Waals surface area contributed by atoms with Gasteiger partial charge in [-0.3, -0.25) is 9.69 Å². The van der Waals surface area contributed by atoms with E-state index in [1.807, 2.05) is 0 Å². The molecule has 2 aliphatic rings. The number of carbonyl (C=O) groups is 1. The zero-order valence-corrected chi connectivity index (χ0v) is 11.7. The van der Waals surface area contributed by atoms with E-state index in [4.69, 9.17) is 0 Å². The minimum Gasteiger partial charge on any atom is -0.354 e. The van der Waals surface area contributed by atoms with E-state index in [1.54, 1.807) is 0 Å². The Morgan fingerprint density at radius 2 is 1.94 bits per heavy atom. The van der Waals surface area contributed by atoms with Crippen molar-refractivity contribution in [1.29, 1.82) is 0 Å². The second-order valence-corrected chi connectivity index (χ2v) is 6.05. The van der Waals surface area contributed by atoms with Gasteiger partial charge in [0.2, 0.25) is 5.91 Å². The molecular formula is C14H27N3O. The summed E-state index contributed by atoms with van der Waals surface area (Å²) in [6, 6.07) is 0.0679. The Kier molecular flexibility index (Phi) is 5.01. The van der Waals surface area contributed by atoms with Crippen molar-refractivity contribution in [2.75, 3.05) is 32.7 Å². The molecular weight excluding hydrogens is 226 g/mol. The van der Waals surface area contributed by atoms with Crippen LogP contribution in [0.2, 0.25) is 0 Å². The van der Waals surface area contributed by atoms with Gasteiger partial charge in [0, 0.05) is 25.6 Å². The summed E-state index contributed by atoms with van der Waals surface area (Å²) < 4.78 is 0. The van der Waals surface area contributed by atoms with Gasteiger partial charge in [-0.1, -0.05) is 20.3 Å². The van der Waals surface area contributed by atoms with Crippen molar-refractivity contribution in [3.8, 4) is 0 Å². The summed E-state index contributed by atoms with van der Waals surface area (Å²) in [6.07, 6.45) is 3.79. The van der Waals surface area contributed by atoms with E-state index in [2.05, 4.69) is 29.4 Å². The lowest BCUT2D eigenvalue weighted by molar-refractivity contribution is -0.128. The molecule has 0 radical (unpaired) electrons. The van der Waals surface area contributed by atoms with Crippen LogP contribution in [-0.2, 0) is 4.79 Å². The molecule has 18 heavy (non-hydrogen) atoms. The molecule has 2 N–H and O–H groups in total. The Hall–Kier alpha value is -0.610. The third kappa shape index (κ3) is 3.45. The number of hydrogen-bond acceptors (Lipinski definition) is 3. The lowest BCUT2D eigenvalue weighted by atomic mass is 9.97. The summed E-state index contributed by atoms with van der Waals surface area (Å²) in [6.45, 7) is 9.42. The highest BCUT2D eigenvalue weighted by molar-refractivity contribution is 5.82. The molecule has 2 aliphatic heterocycles. The third-order valence-electron chi connectivity index (χ3n) is 4.12. The summed E-state index contributed by atoms with van der Waals surface area (Å²) in [7, 11) is 0. The molecule has 2 rings (SSSR count). The Morgan fingerprint density at radius 1 is 1.28 bits per heavy atom. The van der Waals surface area contributed by atoms with Crippen LogP contribution in [0.1, 0.15) is 33.1 Å². The molecule has 1 atom stereocenters. The number of carbonyl (C=O) groups excluding carboxylic acids is 1. The standard InChI is InChI=1S/C14H27N3O/c1-11(2)13(17-6-4-3-5-7-17)14(18)16-10-12-8-15-9-12/h11-13,15H,3-10H2,1-2H3,(H,16,18). The van der Waals surface area contributed by atoms with Gasteiger partial charge in [-0.25, -0.2) is 0 Å². The van der Waals surface area contributed by atoms with Gasteiger partial charge in [-0.15, -0.1) is 0 Å². The normalized spacial score (nSPS) is 23.7. The highest BCUT2D eigenvalue weighted by Gasteiger charge is 2.30. The monoisotopic (exact) mass is 253 g/mol. The minimum atomic E-state index is 0.0679. The molecule has 0 saturated carbocycles. The average Bonchev–Trinajstić information content (AvgIpc) is 2.28. The van der Waals surface area contributed by atoms with Crippen LogP contribution in [0, 0.1) is 11.8 Å². The zero-order valence-electron chi connectivity index (χ0n) is 11.7. The SMILES string of the molecule is CC(C)C(C(=O)NCC1CNC1)N1CCCCC1. The van der Waals surface area contributed by atoms with Crippen LogP contribution in [0.3, 0.4) is 0 Å². The Morgan fingerprint density at radius 3 is 2.44 bits per heavy atom. The predicted octanol–water partition coefficient (Wildman–Crippen LogP) is 0.833. The molecule has 2 saturated heterocycles. The number of rotatable bonds is 5. The molecule has 1 unspecified atom stereocenters. The predicted molar refractivity (Wildman–Crippen MR) is 73.4 cm³/mol. The minimum absolute atomic E-state index is 0.0679. The molecule has 0 aromatic heterocycles. The number of amides is 1. The first-order chi connectivity index (χ1) is 8.68. The molecule has 0 spiro atoms. The molecule has 4 heteroatoms. The molecule has 0 aromatic carbocycles. The summed E-state index contributed by atoms with van der Waals surface area (Å²) in [5, 5.41) is 6.38. The molecule has 104 valence electrons. The maximum atomic E-state index is 12.4. The van der Waals surface area contributed by atoms with Gasteiger partial charge in [0.25, 0.3) is 0 Å². The smallest absolute Gasteiger partial charge is 0.237 e. The van der Waals surface area contributed by atoms with Crippen LogP contribution in [0.4, 0.5) is 0 Å². The van der Waals surface area contributed by atoms with E-state index >= 15 is 0 Å². The fourth-order valence-corrected chi connectivity index (χ4v) is 2.93. The van der Waals surface area contributed by atoms with E-state index in [1.165, 1.54) is 19.3 Å². The van der Waals surface area contributed by atoms with Crippen molar-refractivity contribution in [1.82, 2.24) is 15.5 Å². The van der Waals surface area contributed by atoms with Crippen LogP contribution in [0.15, 0.2) is 0 Å². The lowest BCUT2D eigenvalue weighted by Crippen LogP contribution is -2.54. The first kappa shape index (κ1) is 13.8. The van der Waals surface area contributed by atoms with Crippen LogP contribution in [-0.4, -0.2) is 49.6 Å². The summed E-state index contributed by atoms with van der Waals surface area (Å²) in [5.74, 6) is 1.27. The largest absolute Gasteiger partial charge is 0.354 e. The van der Waals surface area contributed by atoms with Gasteiger partial charge >= 0.3 is 0 Å². The van der Waals surface area contributed by atoms with E-state index in [0.717, 1.165) is 32.7 Å². The highest BCUT2D eigenvalue weighted by atomic mass is 16.2. The van der Waals surface area contributed by atoms with Crippen molar-refractivity contribution in [3.63, 3.8) is 0 Å². The number of hydrogen-bond donors (Lipinski definition) is 2. The van der Waals surface area contributed by atoms with Crippen molar-refractivity contribution in [2.24, 2.45) is 11.8 Å². The Labute approximate surface area is 110 Å². The molecule has 0 aliphatic carbocycles. The number of nitrogens with one attached hydrogen (secondary N) is 2. The maximum absolute atomic E-state index is 12.4. The van der Waals surface area contributed by atoms with Crippen molar-refractivity contribution >= 4 is 5.91 Å². The fourth-order valence-electron chi connectivity index (χ4n) is 2.93. The summed E-state index contributed by atoms with van der Waals surface area (Å²) in [5.41, 5.74) is 0. The highest BCUT2D eigenvalue weighted by Crippen LogP contribution is 2.17. The van der Waals surface area contributed by atoms with Crippen LogP contribution < -0.4 is 10.6 Å². The number of piperidine rings is 1. The van der Waals surface area contributed by atoms with E-state index in [9.17, 15) is 4.79 Å². The second kappa shape index (κ2) is 6.53. The second-order valence-electron chi connectivity index (χ2n) is 6.05. The summed E-state index contributed by atoms with van der Waals surface area (Å²) in [4.78, 5) is 14.7. The van der Waals surface area contributed by atoms with Crippen LogP contribution >= 0.6 is 0 Å². The topological polar surface area (TPSA) is 44.4 Å². The Bertz CT molecular complexity index is 270. The third-order valence-corrected chi connectivity index (χ3v) is 4.12. The van der Waals surface area contributed by atoms with E-state index in [0.29, 0.717) is 11.8 Å². The van der Waals surface area contributed by atoms with Gasteiger partial charge in [-0.2, -0.15) is 0 Å². The lowest BCUT2D eigenvalue weighted by Gasteiger charge is -2.36. The quantitative estimate of drug-likeness (QED) is 0.763. The van der Waals surface area contributed by atoms with E-state index < -0.39 is 0 Å². The molecule has 0 bridgehead atoms. The summed E-state index contributed by atoms with van der Waals surface area (Å²) >= 11 is 0. The molecule has 1 amide bonds. The van der Waals surface area contributed by atoms with Gasteiger partial charge in [0.15, 0.2) is 0 Å². The van der Waals surface area contributed by atoms with Gasteiger partial charge in [0.05, 0.1) is 6.04 Å². The Balaban J connectivity index is 1.84. The number of likely N-dealkylation sites (tertiary alicyclic amines) is 1. The van der Waals surface area contributed by atoms with Gasteiger partial charge in [-0.05, 0) is 31.8 Å². The van der Waals surface area contributed by atoms with Crippen molar-refractivity contribution in [2.45, 2.75) is 39.2 Å². The van der Waals surface area contributed by atoms with Gasteiger partial charge in [0.1, 0.15) is 0 Å².